The van der Waals surface area contributed by atoms with Gasteiger partial charge >= 0.3 is 52.6 Å². The quantitative estimate of drug-likeness (QED) is 0.383. The molecule has 0 bridgehead atoms. The maximum absolute atomic E-state index is 9.00. The first-order valence-electron chi connectivity index (χ1n) is 0.928. The Hall–Kier alpha value is 1.53. The number of carboxylic acid groups (broad SMARTS) is 1. The first-order valence-corrected chi connectivity index (χ1v) is 0.928. The van der Waals surface area contributed by atoms with Crippen LogP contribution in [-0.2, 0) is 4.79 Å². The maximum Gasteiger partial charge on any atom is 2.00 e. The molecule has 0 aliphatic heterocycles. The van der Waals surface area contributed by atoms with Gasteiger partial charge in [0.15, 0.2) is 0 Å². The van der Waals surface area contributed by atoms with Crippen molar-refractivity contribution in [3.05, 3.63) is 0 Å². The molecule has 0 radical (unpaired) electrons. The molecule has 0 spiro atoms. The Morgan fingerprint density at radius 1 is 1.71 bits per heavy atom. The molecule has 0 atom stereocenters. The minimum Gasteiger partial charge on any atom is -1.00 e. The van der Waals surface area contributed by atoms with Crippen LogP contribution in [0, 0.1) is 0 Å². The Morgan fingerprint density at radius 2 is 1.71 bits per heavy atom. The van der Waals surface area contributed by atoms with E-state index >= 15 is 0 Å². The molecule has 5 heteroatoms. The van der Waals surface area contributed by atoms with Crippen LogP contribution in [0.3, 0.4) is 0 Å². The SMILES string of the molecule is CC(=O)O.Cl.[H-].[H-].[H-].[Mg+2].[Na+]. The van der Waals surface area contributed by atoms with Gasteiger partial charge in [0, 0.05) is 6.92 Å². The van der Waals surface area contributed by atoms with Crippen molar-refractivity contribution in [2.75, 3.05) is 0 Å². The van der Waals surface area contributed by atoms with Crippen LogP contribution in [0.1, 0.15) is 11.2 Å². The molecule has 0 aliphatic carbocycles. The van der Waals surface area contributed by atoms with Gasteiger partial charge < -0.3 is 9.39 Å². The summed E-state index contributed by atoms with van der Waals surface area (Å²) in [6.07, 6.45) is 0. The molecule has 0 rings (SSSR count). The van der Waals surface area contributed by atoms with Crippen molar-refractivity contribution in [2.45, 2.75) is 6.92 Å². The molecule has 0 aliphatic rings. The van der Waals surface area contributed by atoms with Crippen molar-refractivity contribution in [3.8, 4) is 0 Å². The van der Waals surface area contributed by atoms with E-state index in [1.165, 1.54) is 0 Å². The molecule has 38 valence electrons. The third-order valence-electron chi connectivity index (χ3n) is 0. The molecule has 0 fully saturated rings. The van der Waals surface area contributed by atoms with E-state index in [0.717, 1.165) is 6.92 Å². The molecule has 0 heterocycles. The number of hydrogen-bond donors (Lipinski definition) is 1. The summed E-state index contributed by atoms with van der Waals surface area (Å²) in [6.45, 7) is 1.08. The minimum absolute atomic E-state index is 0. The zero-order valence-corrected chi connectivity index (χ0v) is 8.70. The second kappa shape index (κ2) is 15.6. The van der Waals surface area contributed by atoms with Gasteiger partial charge in [-0.2, -0.15) is 0 Å². The van der Waals surface area contributed by atoms with Gasteiger partial charge in [0.05, 0.1) is 0 Å². The van der Waals surface area contributed by atoms with Crippen molar-refractivity contribution < 1.29 is 43.7 Å². The summed E-state index contributed by atoms with van der Waals surface area (Å²) in [5.74, 6) is -0.833. The third-order valence-corrected chi connectivity index (χ3v) is 0. The number of hydrogen-bond acceptors (Lipinski definition) is 1. The van der Waals surface area contributed by atoms with E-state index in [0.29, 0.717) is 0 Å². The van der Waals surface area contributed by atoms with E-state index in [1.54, 1.807) is 0 Å². The van der Waals surface area contributed by atoms with Crippen molar-refractivity contribution in [2.24, 2.45) is 0 Å². The summed E-state index contributed by atoms with van der Waals surface area (Å²) in [4.78, 5) is 9.00. The van der Waals surface area contributed by atoms with E-state index in [4.69, 9.17) is 9.90 Å². The fraction of sp³-hybridized carbons (Fsp3) is 0.500. The van der Waals surface area contributed by atoms with Crippen molar-refractivity contribution in [3.63, 3.8) is 0 Å². The second-order valence-corrected chi connectivity index (χ2v) is 0.519. The first kappa shape index (κ1) is 23.6. The van der Waals surface area contributed by atoms with Gasteiger partial charge in [-0.1, -0.05) is 0 Å². The summed E-state index contributed by atoms with van der Waals surface area (Å²) in [5.41, 5.74) is 0. The zero-order valence-electron chi connectivity index (χ0n) is 7.47. The van der Waals surface area contributed by atoms with Gasteiger partial charge in [-0.05, 0) is 0 Å². The van der Waals surface area contributed by atoms with Crippen LogP contribution in [0.2, 0.25) is 0 Å². The molecule has 7 heavy (non-hydrogen) atoms. The zero-order chi connectivity index (χ0) is 3.58. The number of carbonyl (C=O) groups is 1. The fourth-order valence-corrected chi connectivity index (χ4v) is 0. The van der Waals surface area contributed by atoms with E-state index < -0.39 is 5.97 Å². The molecule has 0 unspecified atom stereocenters. The van der Waals surface area contributed by atoms with Crippen molar-refractivity contribution >= 4 is 41.4 Å². The Labute approximate surface area is 91.4 Å². The maximum atomic E-state index is 9.00. The minimum atomic E-state index is -0.833. The molecule has 0 aromatic rings. The normalized spacial score (nSPS) is 3.57. The Morgan fingerprint density at radius 3 is 1.71 bits per heavy atom. The van der Waals surface area contributed by atoms with E-state index in [-0.39, 0.29) is 69.3 Å². The van der Waals surface area contributed by atoms with E-state index in [1.807, 2.05) is 0 Å². The van der Waals surface area contributed by atoms with Crippen molar-refractivity contribution in [1.82, 2.24) is 0 Å². The van der Waals surface area contributed by atoms with Crippen LogP contribution in [0.25, 0.3) is 0 Å². The summed E-state index contributed by atoms with van der Waals surface area (Å²) >= 11 is 0. The molecule has 0 aromatic carbocycles. The number of rotatable bonds is 0. The van der Waals surface area contributed by atoms with Crippen LogP contribution in [0.5, 0.6) is 0 Å². The summed E-state index contributed by atoms with van der Waals surface area (Å²) in [6, 6.07) is 0. The number of halogens is 1. The summed E-state index contributed by atoms with van der Waals surface area (Å²) < 4.78 is 0. The van der Waals surface area contributed by atoms with Gasteiger partial charge in [-0.3, -0.25) is 4.79 Å². The third kappa shape index (κ3) is 98.7. The fourth-order valence-electron chi connectivity index (χ4n) is 0. The van der Waals surface area contributed by atoms with Gasteiger partial charge in [0.2, 0.25) is 0 Å². The van der Waals surface area contributed by atoms with Gasteiger partial charge in [0.25, 0.3) is 5.97 Å². The molecule has 0 saturated heterocycles. The van der Waals surface area contributed by atoms with Crippen LogP contribution < -0.4 is 29.6 Å². The Kier molecular flexibility index (Phi) is 52.7. The number of aliphatic carboxylic acids is 1. The molecule has 2 nitrogen and oxygen atoms in total. The monoisotopic (exact) mass is 146 g/mol. The van der Waals surface area contributed by atoms with E-state index in [9.17, 15) is 0 Å². The largest absolute Gasteiger partial charge is 2.00 e. The Balaban J connectivity index is -0.00000000300. The predicted molar refractivity (Wildman–Crippen MR) is 29.6 cm³/mol. The summed E-state index contributed by atoms with van der Waals surface area (Å²) in [7, 11) is 0. The molecule has 1 N–H and O–H groups in total. The van der Waals surface area contributed by atoms with Gasteiger partial charge in [-0.25, -0.2) is 0 Å². The van der Waals surface area contributed by atoms with Gasteiger partial charge in [0.1, 0.15) is 0 Å². The van der Waals surface area contributed by atoms with Crippen LogP contribution in [0.4, 0.5) is 0 Å². The molecule has 0 aromatic heterocycles. The number of carboxylic acids is 1. The molecular weight excluding hydrogens is 139 g/mol. The standard InChI is InChI=1S/C2H4O2.ClH.Mg.Na.3H/c1-2(3)4;;;;;;/h1H3,(H,3,4);1H;;;;;/q;;+2;+1;3*-1. The topological polar surface area (TPSA) is 37.3 Å². The van der Waals surface area contributed by atoms with Crippen molar-refractivity contribution in [1.29, 1.82) is 0 Å². The molecular formula is C2H8ClMgNaO2. The average molecular weight is 147 g/mol. The van der Waals surface area contributed by atoms with Crippen LogP contribution in [-0.4, -0.2) is 34.1 Å². The van der Waals surface area contributed by atoms with E-state index in [2.05, 4.69) is 0 Å². The Bertz CT molecular complexity index is 47.5. The smallest absolute Gasteiger partial charge is 1.00 e. The van der Waals surface area contributed by atoms with Crippen LogP contribution >= 0.6 is 12.4 Å². The van der Waals surface area contributed by atoms with Crippen LogP contribution in [0.15, 0.2) is 0 Å². The second-order valence-electron chi connectivity index (χ2n) is 0.519. The van der Waals surface area contributed by atoms with Gasteiger partial charge in [-0.15, -0.1) is 12.4 Å². The molecule has 0 amide bonds. The molecule has 0 saturated carbocycles. The average Bonchev–Trinajstić information content (AvgIpc) is 0.811. The predicted octanol–water partition coefficient (Wildman–Crippen LogP) is -2.53. The summed E-state index contributed by atoms with van der Waals surface area (Å²) in [5, 5.41) is 7.42. The first-order chi connectivity index (χ1) is 1.73.